The van der Waals surface area contributed by atoms with Gasteiger partial charge < -0.3 is 0 Å². The van der Waals surface area contributed by atoms with Crippen LogP contribution in [0.1, 0.15) is 22.3 Å². The van der Waals surface area contributed by atoms with E-state index in [1.807, 2.05) is 6.20 Å². The van der Waals surface area contributed by atoms with Crippen LogP contribution in [-0.2, 0) is 0 Å². The summed E-state index contributed by atoms with van der Waals surface area (Å²) in [5.74, 6) is 0. The Morgan fingerprint density at radius 3 is 1.82 bits per heavy atom. The molecule has 0 unspecified atom stereocenters. The molecule has 3 rings (SSSR count). The predicted molar refractivity (Wildman–Crippen MR) is 94.1 cm³/mol. The third-order valence-electron chi connectivity index (χ3n) is 4.11. The minimum Gasteiger partial charge on any atom is -0.256 e. The number of aromatic nitrogens is 1. The maximum Gasteiger partial charge on any atom is 0.0710 e. The van der Waals surface area contributed by atoms with E-state index in [0.717, 1.165) is 5.69 Å². The number of pyridine rings is 1. The Morgan fingerprint density at radius 2 is 1.23 bits per heavy atom. The van der Waals surface area contributed by atoms with Gasteiger partial charge >= 0.3 is 0 Å². The van der Waals surface area contributed by atoms with Crippen LogP contribution < -0.4 is 0 Å². The lowest BCUT2D eigenvalue weighted by atomic mass is 9.96. The molecule has 1 heteroatoms. The van der Waals surface area contributed by atoms with Gasteiger partial charge in [-0.1, -0.05) is 47.5 Å². The van der Waals surface area contributed by atoms with Crippen LogP contribution in [0.25, 0.3) is 22.4 Å². The van der Waals surface area contributed by atoms with Crippen molar-refractivity contribution in [2.75, 3.05) is 0 Å². The highest BCUT2D eigenvalue weighted by atomic mass is 14.7. The summed E-state index contributed by atoms with van der Waals surface area (Å²) < 4.78 is 0. The molecule has 3 aromatic rings. The summed E-state index contributed by atoms with van der Waals surface area (Å²) in [6.07, 6.45) is 1.91. The van der Waals surface area contributed by atoms with Gasteiger partial charge in [0.25, 0.3) is 0 Å². The van der Waals surface area contributed by atoms with Crippen molar-refractivity contribution in [3.8, 4) is 22.4 Å². The van der Waals surface area contributed by atoms with E-state index in [1.54, 1.807) is 0 Å². The van der Waals surface area contributed by atoms with Gasteiger partial charge in [0.1, 0.15) is 0 Å². The summed E-state index contributed by atoms with van der Waals surface area (Å²) in [4.78, 5) is 4.57. The van der Waals surface area contributed by atoms with E-state index in [4.69, 9.17) is 0 Å². The van der Waals surface area contributed by atoms with Gasteiger partial charge in [0.05, 0.1) is 5.69 Å². The number of aryl methyl sites for hydroxylation is 4. The molecule has 0 radical (unpaired) electrons. The lowest BCUT2D eigenvalue weighted by Crippen LogP contribution is -1.90. The highest BCUT2D eigenvalue weighted by Gasteiger charge is 2.07. The zero-order valence-corrected chi connectivity index (χ0v) is 13.6. The van der Waals surface area contributed by atoms with Crippen LogP contribution in [0.5, 0.6) is 0 Å². The molecule has 110 valence electrons. The maximum atomic E-state index is 4.57. The van der Waals surface area contributed by atoms with Gasteiger partial charge in [0.15, 0.2) is 0 Å². The fourth-order valence-electron chi connectivity index (χ4n) is 2.98. The summed E-state index contributed by atoms with van der Waals surface area (Å²) in [5.41, 5.74) is 9.90. The van der Waals surface area contributed by atoms with Crippen molar-refractivity contribution < 1.29 is 0 Å². The minimum absolute atomic E-state index is 1.04. The topological polar surface area (TPSA) is 12.9 Å². The molecule has 2 aromatic carbocycles. The third kappa shape index (κ3) is 2.80. The van der Waals surface area contributed by atoms with Crippen LogP contribution in [-0.4, -0.2) is 4.98 Å². The number of benzene rings is 2. The van der Waals surface area contributed by atoms with Gasteiger partial charge in [-0.3, -0.25) is 4.98 Å². The molecule has 0 aliphatic rings. The van der Waals surface area contributed by atoms with E-state index in [0.29, 0.717) is 0 Å². The van der Waals surface area contributed by atoms with Gasteiger partial charge in [-0.25, -0.2) is 0 Å². The third-order valence-corrected chi connectivity index (χ3v) is 4.11. The van der Waals surface area contributed by atoms with E-state index in [9.17, 15) is 0 Å². The van der Waals surface area contributed by atoms with E-state index >= 15 is 0 Å². The first-order valence-corrected chi connectivity index (χ1v) is 7.66. The van der Waals surface area contributed by atoms with Crippen molar-refractivity contribution in [1.82, 2.24) is 4.98 Å². The van der Waals surface area contributed by atoms with Crippen LogP contribution in [0.2, 0.25) is 0 Å². The molecule has 0 atom stereocenters. The molecule has 22 heavy (non-hydrogen) atoms. The Labute approximate surface area is 132 Å². The fraction of sp³-hybridized carbons (Fsp3) is 0.190. The second kappa shape index (κ2) is 5.76. The van der Waals surface area contributed by atoms with Crippen molar-refractivity contribution in [2.45, 2.75) is 27.7 Å². The largest absolute Gasteiger partial charge is 0.256 e. The summed E-state index contributed by atoms with van der Waals surface area (Å²) >= 11 is 0. The Hall–Kier alpha value is -2.41. The number of nitrogens with zero attached hydrogens (tertiary/aromatic N) is 1. The quantitative estimate of drug-likeness (QED) is 0.593. The molecule has 0 saturated heterocycles. The second-order valence-corrected chi connectivity index (χ2v) is 6.07. The molecular formula is C21H21N. The summed E-state index contributed by atoms with van der Waals surface area (Å²) in [5, 5.41) is 0. The zero-order chi connectivity index (χ0) is 15.7. The normalized spacial score (nSPS) is 10.7. The number of hydrogen-bond acceptors (Lipinski definition) is 1. The first kappa shape index (κ1) is 14.5. The smallest absolute Gasteiger partial charge is 0.0710 e. The van der Waals surface area contributed by atoms with Crippen molar-refractivity contribution in [1.29, 1.82) is 0 Å². The van der Waals surface area contributed by atoms with Crippen LogP contribution in [0.4, 0.5) is 0 Å². The predicted octanol–water partition coefficient (Wildman–Crippen LogP) is 5.65. The van der Waals surface area contributed by atoms with Gasteiger partial charge in [-0.15, -0.1) is 0 Å². The Balaban J connectivity index is 2.10. The summed E-state index contributed by atoms with van der Waals surface area (Å²) in [6.45, 7) is 8.56. The lowest BCUT2D eigenvalue weighted by molar-refractivity contribution is 1.29. The molecule has 0 amide bonds. The van der Waals surface area contributed by atoms with Gasteiger partial charge in [-0.2, -0.15) is 0 Å². The standard InChI is InChI=1S/C21H21N/c1-14-5-7-19(16(3)11-14)18-9-10-22-21(13-18)20-8-6-15(2)12-17(20)4/h5-13H,1-4H3. The van der Waals surface area contributed by atoms with Gasteiger partial charge in [-0.05, 0) is 62.1 Å². The van der Waals surface area contributed by atoms with Gasteiger partial charge in [0.2, 0.25) is 0 Å². The average molecular weight is 287 g/mol. The maximum absolute atomic E-state index is 4.57. The molecule has 0 aliphatic carbocycles. The van der Waals surface area contributed by atoms with E-state index < -0.39 is 0 Å². The van der Waals surface area contributed by atoms with Crippen molar-refractivity contribution in [3.05, 3.63) is 77.0 Å². The first-order valence-electron chi connectivity index (χ1n) is 7.66. The highest BCUT2D eigenvalue weighted by molar-refractivity contribution is 5.73. The molecule has 1 heterocycles. The molecule has 0 bridgehead atoms. The van der Waals surface area contributed by atoms with Crippen LogP contribution in [0.3, 0.4) is 0 Å². The van der Waals surface area contributed by atoms with E-state index in [-0.39, 0.29) is 0 Å². The first-order chi connectivity index (χ1) is 10.5. The van der Waals surface area contributed by atoms with Crippen LogP contribution in [0, 0.1) is 27.7 Å². The Bertz CT molecular complexity index is 764. The zero-order valence-electron chi connectivity index (χ0n) is 13.6. The minimum atomic E-state index is 1.04. The molecular weight excluding hydrogens is 266 g/mol. The second-order valence-electron chi connectivity index (χ2n) is 6.07. The van der Waals surface area contributed by atoms with Crippen molar-refractivity contribution in [3.63, 3.8) is 0 Å². The molecule has 0 spiro atoms. The van der Waals surface area contributed by atoms with E-state index in [2.05, 4.69) is 81.2 Å². The van der Waals surface area contributed by atoms with Crippen LogP contribution in [0.15, 0.2) is 54.7 Å². The van der Waals surface area contributed by atoms with Crippen molar-refractivity contribution >= 4 is 0 Å². The average Bonchev–Trinajstić information content (AvgIpc) is 2.47. The highest BCUT2D eigenvalue weighted by Crippen LogP contribution is 2.29. The van der Waals surface area contributed by atoms with Crippen molar-refractivity contribution in [2.24, 2.45) is 0 Å². The summed E-state index contributed by atoms with van der Waals surface area (Å²) in [6, 6.07) is 17.4. The number of rotatable bonds is 2. The lowest BCUT2D eigenvalue weighted by Gasteiger charge is -2.10. The van der Waals surface area contributed by atoms with Gasteiger partial charge in [0, 0.05) is 11.8 Å². The monoisotopic (exact) mass is 287 g/mol. The molecule has 1 aromatic heterocycles. The number of hydrogen-bond donors (Lipinski definition) is 0. The fourth-order valence-corrected chi connectivity index (χ4v) is 2.98. The molecule has 0 N–H and O–H groups in total. The SMILES string of the molecule is Cc1ccc(-c2ccnc(-c3ccc(C)cc3C)c2)c(C)c1. The van der Waals surface area contributed by atoms with Crippen LogP contribution >= 0.6 is 0 Å². The van der Waals surface area contributed by atoms with E-state index in [1.165, 1.54) is 38.9 Å². The Kier molecular flexibility index (Phi) is 3.81. The molecule has 0 saturated carbocycles. The Morgan fingerprint density at radius 1 is 0.636 bits per heavy atom. The summed E-state index contributed by atoms with van der Waals surface area (Å²) in [7, 11) is 0. The molecule has 1 nitrogen and oxygen atoms in total. The molecule has 0 aliphatic heterocycles. The molecule has 0 fully saturated rings.